The molecule has 0 spiro atoms. The van der Waals surface area contributed by atoms with Crippen LogP contribution in [0.4, 0.5) is 5.69 Å². The third-order valence-electron chi connectivity index (χ3n) is 3.38. The first-order chi connectivity index (χ1) is 10.3. The van der Waals surface area contributed by atoms with E-state index in [2.05, 4.69) is 23.1 Å². The van der Waals surface area contributed by atoms with Crippen LogP contribution in [0.2, 0.25) is 0 Å². The van der Waals surface area contributed by atoms with E-state index in [1.165, 1.54) is 4.90 Å². The summed E-state index contributed by atoms with van der Waals surface area (Å²) in [6.07, 6.45) is 4.13. The number of thioether (sulfide) groups is 1. The highest BCUT2D eigenvalue weighted by Crippen LogP contribution is 2.47. The maximum Gasteiger partial charge on any atom is 0.153 e. The molecule has 0 atom stereocenters. The van der Waals surface area contributed by atoms with Gasteiger partial charge in [0.05, 0.1) is 5.69 Å². The molecule has 106 valence electrons. The zero-order valence-corrected chi connectivity index (χ0v) is 12.7. The van der Waals surface area contributed by atoms with Gasteiger partial charge in [-0.25, -0.2) is 0 Å². The van der Waals surface area contributed by atoms with Crippen LogP contribution in [0.3, 0.4) is 0 Å². The lowest BCUT2D eigenvalue weighted by Crippen LogP contribution is -2.18. The maximum atomic E-state index is 10.7. The number of aliphatic hydroxyl groups excluding tert-OH is 1. The Morgan fingerprint density at radius 1 is 1.10 bits per heavy atom. The Labute approximate surface area is 129 Å². The summed E-state index contributed by atoms with van der Waals surface area (Å²) >= 11 is 1.62. The van der Waals surface area contributed by atoms with E-state index in [0.717, 1.165) is 22.8 Å². The lowest BCUT2D eigenvalue weighted by Gasteiger charge is -2.19. The first-order valence-corrected chi connectivity index (χ1v) is 7.77. The number of benzene rings is 2. The molecule has 0 bridgehead atoms. The number of hydrogen-bond acceptors (Lipinski definition) is 3. The van der Waals surface area contributed by atoms with Gasteiger partial charge in [-0.3, -0.25) is 0 Å². The summed E-state index contributed by atoms with van der Waals surface area (Å²) in [5.74, 6) is 0.335. The maximum absolute atomic E-state index is 10.7. The standard InChI is InChI=1S/C18H17NOS/c1-2-3-13-19-15-11-7-8-12-16(15)21-18(19)17(20)14-9-5-4-6-10-14/h2-12,20H,13H2,1H3/b3-2?,18-17+. The molecule has 1 heterocycles. The van der Waals surface area contributed by atoms with Gasteiger partial charge in [-0.15, -0.1) is 0 Å². The van der Waals surface area contributed by atoms with Gasteiger partial charge < -0.3 is 10.0 Å². The molecule has 0 fully saturated rings. The number of hydrogen-bond donors (Lipinski definition) is 1. The number of anilines is 1. The first kappa shape index (κ1) is 13.8. The van der Waals surface area contributed by atoms with E-state index in [0.29, 0.717) is 5.76 Å². The van der Waals surface area contributed by atoms with E-state index in [4.69, 9.17) is 0 Å². The SMILES string of the molecule is CC=CCN1/C(=C(\O)c2ccccc2)Sc2ccccc21. The molecule has 2 aromatic carbocycles. The van der Waals surface area contributed by atoms with Crippen LogP contribution >= 0.6 is 11.8 Å². The van der Waals surface area contributed by atoms with E-state index < -0.39 is 0 Å². The van der Waals surface area contributed by atoms with Gasteiger partial charge in [0, 0.05) is 17.0 Å². The zero-order chi connectivity index (χ0) is 14.7. The molecule has 1 N–H and O–H groups in total. The second kappa shape index (κ2) is 6.10. The van der Waals surface area contributed by atoms with Crippen LogP contribution in [0.25, 0.3) is 5.76 Å². The van der Waals surface area contributed by atoms with Crippen molar-refractivity contribution in [2.24, 2.45) is 0 Å². The Hall–Kier alpha value is -2.13. The Morgan fingerprint density at radius 3 is 2.57 bits per heavy atom. The Balaban J connectivity index is 2.06. The normalized spacial score (nSPS) is 16.3. The molecule has 3 heteroatoms. The van der Waals surface area contributed by atoms with Crippen LogP contribution in [0.1, 0.15) is 12.5 Å². The molecule has 1 aliphatic rings. The number of rotatable bonds is 3. The number of para-hydroxylation sites is 1. The summed E-state index contributed by atoms with van der Waals surface area (Å²) in [7, 11) is 0. The fourth-order valence-corrected chi connectivity index (χ4v) is 3.46. The third-order valence-corrected chi connectivity index (χ3v) is 4.55. The summed E-state index contributed by atoms with van der Waals surface area (Å²) < 4.78 is 0. The van der Waals surface area contributed by atoms with Crippen LogP contribution in [-0.4, -0.2) is 11.7 Å². The van der Waals surface area contributed by atoms with Crippen LogP contribution in [0.15, 0.2) is 76.7 Å². The smallest absolute Gasteiger partial charge is 0.153 e. The van der Waals surface area contributed by atoms with E-state index in [9.17, 15) is 5.11 Å². The molecule has 2 nitrogen and oxygen atoms in total. The van der Waals surface area contributed by atoms with E-state index >= 15 is 0 Å². The van der Waals surface area contributed by atoms with Gasteiger partial charge in [0.1, 0.15) is 5.03 Å². The van der Waals surface area contributed by atoms with E-state index in [1.54, 1.807) is 11.8 Å². The molecule has 0 unspecified atom stereocenters. The Bertz CT molecular complexity index is 691. The van der Waals surface area contributed by atoms with Crippen molar-refractivity contribution in [2.45, 2.75) is 11.8 Å². The van der Waals surface area contributed by atoms with Gasteiger partial charge in [0.15, 0.2) is 5.76 Å². The second-order valence-corrected chi connectivity index (χ2v) is 5.80. The minimum Gasteiger partial charge on any atom is -0.505 e. The largest absolute Gasteiger partial charge is 0.505 e. The van der Waals surface area contributed by atoms with Crippen molar-refractivity contribution >= 4 is 23.2 Å². The van der Waals surface area contributed by atoms with Crippen molar-refractivity contribution in [1.29, 1.82) is 0 Å². The van der Waals surface area contributed by atoms with Gasteiger partial charge in [-0.2, -0.15) is 0 Å². The molecule has 0 saturated carbocycles. The van der Waals surface area contributed by atoms with E-state index in [-0.39, 0.29) is 0 Å². The summed E-state index contributed by atoms with van der Waals surface area (Å²) in [4.78, 5) is 3.34. The minimum atomic E-state index is 0.335. The minimum absolute atomic E-state index is 0.335. The van der Waals surface area contributed by atoms with Gasteiger partial charge in [-0.05, 0) is 19.1 Å². The molecule has 21 heavy (non-hydrogen) atoms. The van der Waals surface area contributed by atoms with Crippen LogP contribution in [0, 0.1) is 0 Å². The van der Waals surface area contributed by atoms with Crippen molar-refractivity contribution in [3.8, 4) is 0 Å². The predicted octanol–water partition coefficient (Wildman–Crippen LogP) is 5.06. The topological polar surface area (TPSA) is 23.5 Å². The summed E-state index contributed by atoms with van der Waals surface area (Å²) in [6, 6.07) is 17.9. The second-order valence-electron chi connectivity index (χ2n) is 4.77. The monoisotopic (exact) mass is 295 g/mol. The summed E-state index contributed by atoms with van der Waals surface area (Å²) in [6.45, 7) is 2.77. The number of nitrogens with zero attached hydrogens (tertiary/aromatic N) is 1. The predicted molar refractivity (Wildman–Crippen MR) is 90.4 cm³/mol. The van der Waals surface area contributed by atoms with Crippen molar-refractivity contribution in [2.75, 3.05) is 11.4 Å². The highest BCUT2D eigenvalue weighted by atomic mass is 32.2. The molecule has 3 rings (SSSR count). The van der Waals surface area contributed by atoms with Gasteiger partial charge >= 0.3 is 0 Å². The van der Waals surface area contributed by atoms with Crippen molar-refractivity contribution < 1.29 is 5.11 Å². The molecular formula is C18H17NOS. The molecule has 0 radical (unpaired) electrons. The van der Waals surface area contributed by atoms with E-state index in [1.807, 2.05) is 55.5 Å². The van der Waals surface area contributed by atoms with Crippen molar-refractivity contribution in [3.63, 3.8) is 0 Å². The van der Waals surface area contributed by atoms with Crippen LogP contribution in [-0.2, 0) is 0 Å². The zero-order valence-electron chi connectivity index (χ0n) is 11.9. The third kappa shape index (κ3) is 2.69. The number of fused-ring (bicyclic) bond motifs is 1. The average Bonchev–Trinajstić information content (AvgIpc) is 2.91. The van der Waals surface area contributed by atoms with Crippen LogP contribution in [0.5, 0.6) is 0 Å². The quantitative estimate of drug-likeness (QED) is 0.632. The summed E-state index contributed by atoms with van der Waals surface area (Å²) in [5.41, 5.74) is 2.00. The van der Waals surface area contributed by atoms with Crippen LogP contribution < -0.4 is 4.90 Å². The molecule has 1 aliphatic heterocycles. The fraction of sp³-hybridized carbons (Fsp3) is 0.111. The van der Waals surface area contributed by atoms with Gasteiger partial charge in [0.2, 0.25) is 0 Å². The number of allylic oxidation sites excluding steroid dienone is 1. The molecule has 0 aliphatic carbocycles. The molecular weight excluding hydrogens is 278 g/mol. The molecule has 0 saturated heterocycles. The Kier molecular flexibility index (Phi) is 4.02. The number of aliphatic hydroxyl groups is 1. The van der Waals surface area contributed by atoms with Gasteiger partial charge in [-0.1, -0.05) is 66.4 Å². The molecule has 0 aromatic heterocycles. The highest BCUT2D eigenvalue weighted by molar-refractivity contribution is 8.04. The average molecular weight is 295 g/mol. The first-order valence-electron chi connectivity index (χ1n) is 6.95. The van der Waals surface area contributed by atoms with Gasteiger partial charge in [0.25, 0.3) is 0 Å². The molecule has 2 aromatic rings. The fourth-order valence-electron chi connectivity index (χ4n) is 2.32. The summed E-state index contributed by atoms with van der Waals surface area (Å²) in [5, 5.41) is 11.5. The Morgan fingerprint density at radius 2 is 1.81 bits per heavy atom. The van der Waals surface area contributed by atoms with Crippen molar-refractivity contribution in [3.05, 3.63) is 77.3 Å². The highest BCUT2D eigenvalue weighted by Gasteiger charge is 2.27. The molecule has 0 amide bonds. The lowest BCUT2D eigenvalue weighted by atomic mass is 10.2. The van der Waals surface area contributed by atoms with Crippen molar-refractivity contribution in [1.82, 2.24) is 0 Å². The lowest BCUT2D eigenvalue weighted by molar-refractivity contribution is 0.508.